The summed E-state index contributed by atoms with van der Waals surface area (Å²) in [5.74, 6) is -3.98. The van der Waals surface area contributed by atoms with Crippen LogP contribution in [0.4, 0.5) is 10.2 Å². The van der Waals surface area contributed by atoms with Crippen LogP contribution in [0.3, 0.4) is 0 Å². The van der Waals surface area contributed by atoms with Crippen molar-refractivity contribution in [2.45, 2.75) is 25.2 Å². The Balaban J connectivity index is 1.41. The van der Waals surface area contributed by atoms with Crippen molar-refractivity contribution in [1.82, 2.24) is 19.7 Å². The summed E-state index contributed by atoms with van der Waals surface area (Å²) in [4.78, 5) is 33.7. The number of amides is 1. The molecule has 3 aromatic heterocycles. The molecule has 0 spiro atoms. The molecule has 13 nitrogen and oxygen atoms in total. The highest BCUT2D eigenvalue weighted by Crippen LogP contribution is 2.28. The van der Waals surface area contributed by atoms with Gasteiger partial charge in [0.1, 0.15) is 23.8 Å². The summed E-state index contributed by atoms with van der Waals surface area (Å²) < 4.78 is 24.0. The Labute approximate surface area is 189 Å². The molecule has 0 bridgehead atoms. The van der Waals surface area contributed by atoms with Gasteiger partial charge in [-0.15, -0.1) is 0 Å². The van der Waals surface area contributed by atoms with E-state index in [2.05, 4.69) is 19.8 Å². The van der Waals surface area contributed by atoms with Crippen molar-refractivity contribution in [1.29, 1.82) is 0 Å². The molecule has 0 atom stereocenters. The Morgan fingerprint density at radius 2 is 1.79 bits per heavy atom. The highest BCUT2D eigenvalue weighted by atomic mass is 19.2. The topological polar surface area (TPSA) is 180 Å². The average molecular weight is 475 g/mol. The number of nitrogens with zero attached hydrogens (tertiary/aromatic N) is 5. The molecule has 14 heteroatoms. The third kappa shape index (κ3) is 4.55. The molecule has 1 aliphatic rings. The Hall–Kier alpha value is -3.98. The molecule has 0 saturated carbocycles. The number of alkyl halides is 1. The first kappa shape index (κ1) is 23.2. The van der Waals surface area contributed by atoms with Gasteiger partial charge < -0.3 is 29.9 Å². The van der Waals surface area contributed by atoms with Gasteiger partial charge in [-0.25, -0.2) is 9.67 Å². The molecule has 1 aliphatic heterocycles. The number of hydrogen-bond donors (Lipinski definition) is 4. The molecule has 4 rings (SSSR count). The van der Waals surface area contributed by atoms with E-state index < -0.39 is 12.0 Å². The van der Waals surface area contributed by atoms with E-state index >= 15 is 0 Å². The highest BCUT2D eigenvalue weighted by molar-refractivity contribution is 6.08. The number of aliphatic hydroxyl groups is 4. The number of rotatable bonds is 7. The van der Waals surface area contributed by atoms with Crippen LogP contribution >= 0.6 is 0 Å². The lowest BCUT2D eigenvalue weighted by molar-refractivity contribution is -0.476. The number of aromatic nitrogens is 4. The van der Waals surface area contributed by atoms with Crippen molar-refractivity contribution < 1.29 is 39.1 Å². The van der Waals surface area contributed by atoms with Gasteiger partial charge in [0.15, 0.2) is 5.82 Å². The van der Waals surface area contributed by atoms with Gasteiger partial charge >= 0.3 is 12.0 Å². The smallest absolute Gasteiger partial charge is 0.414 e. The molecular weight excluding hydrogens is 457 g/mol. The van der Waals surface area contributed by atoms with Crippen molar-refractivity contribution in [3.63, 3.8) is 0 Å². The molecule has 0 saturated heterocycles. The summed E-state index contributed by atoms with van der Waals surface area (Å²) in [5.41, 5.74) is 0.885. The SMILES string of the molecule is Cn1nc(N2Cc3cc(OCc4ccc(OC(O)(O)C(O)(O)F)cn4)cnc3C2=O)ccc1=O. The summed E-state index contributed by atoms with van der Waals surface area (Å²) >= 11 is 0. The molecule has 0 aromatic carbocycles. The predicted octanol–water partition coefficient (Wildman–Crippen LogP) is -1.07. The highest BCUT2D eigenvalue weighted by Gasteiger charge is 2.52. The molecular formula is C20H18FN5O8. The van der Waals surface area contributed by atoms with Gasteiger partial charge in [0.2, 0.25) is 0 Å². The van der Waals surface area contributed by atoms with Crippen LogP contribution < -0.4 is 19.9 Å². The number of hydrogen-bond acceptors (Lipinski definition) is 11. The Morgan fingerprint density at radius 3 is 2.44 bits per heavy atom. The van der Waals surface area contributed by atoms with Crippen LogP contribution in [0.2, 0.25) is 0 Å². The van der Waals surface area contributed by atoms with Gasteiger partial charge in [0, 0.05) is 18.7 Å². The van der Waals surface area contributed by atoms with E-state index in [0.29, 0.717) is 22.8 Å². The monoisotopic (exact) mass is 475 g/mol. The second-order valence-corrected chi connectivity index (χ2v) is 7.29. The van der Waals surface area contributed by atoms with Gasteiger partial charge in [0.05, 0.1) is 24.6 Å². The number of halogens is 1. The minimum Gasteiger partial charge on any atom is -0.486 e. The third-order valence-electron chi connectivity index (χ3n) is 4.80. The maximum atomic E-state index is 12.9. The maximum Gasteiger partial charge on any atom is 0.414 e. The van der Waals surface area contributed by atoms with Crippen molar-refractivity contribution in [2.24, 2.45) is 7.05 Å². The number of fused-ring (bicyclic) bond motifs is 1. The lowest BCUT2D eigenvalue weighted by atomic mass is 10.2. The Kier molecular flexibility index (Phi) is 5.74. The van der Waals surface area contributed by atoms with Crippen LogP contribution in [0.15, 0.2) is 47.5 Å². The number of anilines is 1. The van der Waals surface area contributed by atoms with Crippen molar-refractivity contribution in [3.8, 4) is 11.5 Å². The van der Waals surface area contributed by atoms with Crippen LogP contribution in [0.1, 0.15) is 21.7 Å². The zero-order chi connectivity index (χ0) is 24.7. The van der Waals surface area contributed by atoms with Crippen molar-refractivity contribution >= 4 is 11.7 Å². The fraction of sp³-hybridized carbons (Fsp3) is 0.250. The molecule has 4 N–H and O–H groups in total. The first-order valence-corrected chi connectivity index (χ1v) is 9.65. The molecule has 34 heavy (non-hydrogen) atoms. The van der Waals surface area contributed by atoms with Gasteiger partial charge in [-0.2, -0.15) is 9.49 Å². The molecule has 0 unspecified atom stereocenters. The van der Waals surface area contributed by atoms with Gasteiger partial charge in [0.25, 0.3) is 11.5 Å². The third-order valence-corrected chi connectivity index (χ3v) is 4.80. The van der Waals surface area contributed by atoms with E-state index in [9.17, 15) is 24.2 Å². The molecule has 4 heterocycles. The van der Waals surface area contributed by atoms with E-state index in [1.165, 1.54) is 42.4 Å². The quantitative estimate of drug-likeness (QED) is 0.306. The lowest BCUT2D eigenvalue weighted by Crippen LogP contribution is -2.55. The van der Waals surface area contributed by atoms with Crippen molar-refractivity contribution in [3.05, 3.63) is 70.0 Å². The standard InChI is InChI=1S/C20H18FN5O8/c1-25-16(27)5-4-15(24-25)26-9-11-6-14(8-23-17(11)18(26)28)33-10-12-2-3-13(7-22-12)34-20(31,32)19(21,29)30/h2-8,29-32H,9-10H2,1H3. The number of aryl methyl sites for hydroxylation is 1. The Morgan fingerprint density at radius 1 is 1.06 bits per heavy atom. The molecule has 1 amide bonds. The van der Waals surface area contributed by atoms with E-state index in [4.69, 9.17) is 14.9 Å². The van der Waals surface area contributed by atoms with Crippen LogP contribution in [0.25, 0.3) is 0 Å². The first-order chi connectivity index (χ1) is 15.9. The number of carbonyl (C=O) groups excluding carboxylic acids is 1. The first-order valence-electron chi connectivity index (χ1n) is 9.65. The van der Waals surface area contributed by atoms with E-state index in [0.717, 1.165) is 10.9 Å². The van der Waals surface area contributed by atoms with Gasteiger partial charge in [-0.3, -0.25) is 19.5 Å². The lowest BCUT2D eigenvalue weighted by Gasteiger charge is -2.27. The van der Waals surface area contributed by atoms with E-state index in [1.54, 1.807) is 6.07 Å². The predicted molar refractivity (Wildman–Crippen MR) is 109 cm³/mol. The normalized spacial score (nSPS) is 13.7. The number of ether oxygens (including phenoxy) is 2. The zero-order valence-electron chi connectivity index (χ0n) is 17.5. The number of pyridine rings is 2. The number of carbonyl (C=O) groups is 1. The van der Waals surface area contributed by atoms with Crippen molar-refractivity contribution in [2.75, 3.05) is 4.90 Å². The van der Waals surface area contributed by atoms with Gasteiger partial charge in [-0.05, 0) is 24.3 Å². The Bertz CT molecular complexity index is 1290. The summed E-state index contributed by atoms with van der Waals surface area (Å²) in [7, 11) is 1.48. The van der Waals surface area contributed by atoms with Crippen LogP contribution in [0.5, 0.6) is 11.5 Å². The maximum absolute atomic E-state index is 12.9. The molecule has 0 radical (unpaired) electrons. The zero-order valence-corrected chi connectivity index (χ0v) is 17.5. The van der Waals surface area contributed by atoms with Crippen LogP contribution in [0, 0.1) is 0 Å². The van der Waals surface area contributed by atoms with E-state index in [-0.39, 0.29) is 36.1 Å². The van der Waals surface area contributed by atoms with E-state index in [1.807, 2.05) is 0 Å². The molecule has 0 aliphatic carbocycles. The summed E-state index contributed by atoms with van der Waals surface area (Å²) in [6.45, 7) is 0.140. The minimum absolute atomic E-state index is 0.0444. The second-order valence-electron chi connectivity index (χ2n) is 7.29. The molecule has 178 valence electrons. The fourth-order valence-corrected chi connectivity index (χ4v) is 3.01. The minimum atomic E-state index is -4.42. The summed E-state index contributed by atoms with van der Waals surface area (Å²) in [6.07, 6.45) is 2.35. The average Bonchev–Trinajstić information content (AvgIpc) is 3.10. The summed E-state index contributed by atoms with van der Waals surface area (Å²) in [5, 5.41) is 39.7. The summed E-state index contributed by atoms with van der Waals surface area (Å²) in [6, 6.07) is 2.52. The fourth-order valence-electron chi connectivity index (χ4n) is 3.01. The van der Waals surface area contributed by atoms with Gasteiger partial charge in [-0.1, -0.05) is 0 Å². The largest absolute Gasteiger partial charge is 0.486 e. The second kappa shape index (κ2) is 8.42. The van der Waals surface area contributed by atoms with Crippen LogP contribution in [-0.2, 0) is 20.2 Å². The molecule has 0 fully saturated rings. The molecule has 3 aromatic rings. The van der Waals surface area contributed by atoms with Crippen LogP contribution in [-0.4, -0.2) is 58.1 Å².